The predicted octanol–water partition coefficient (Wildman–Crippen LogP) is 2.35. The molecule has 0 saturated heterocycles. The quantitative estimate of drug-likeness (QED) is 0.822. The lowest BCUT2D eigenvalue weighted by atomic mass is 10.3. The van der Waals surface area contributed by atoms with E-state index in [1.807, 2.05) is 0 Å². The maximum Gasteiger partial charge on any atom is 0.155 e. The number of nitrogens with one attached hydrogen (secondary N) is 1. The van der Waals surface area contributed by atoms with Crippen molar-refractivity contribution < 1.29 is 0 Å². The zero-order valence-electron chi connectivity index (χ0n) is 10.0. The van der Waals surface area contributed by atoms with Crippen molar-refractivity contribution >= 4 is 34.4 Å². The molecule has 0 amide bonds. The Labute approximate surface area is 115 Å². The highest BCUT2D eigenvalue weighted by Gasteiger charge is 2.07. The first-order valence-electron chi connectivity index (χ1n) is 5.63. The minimum Gasteiger partial charge on any atom is -0.388 e. The standard InChI is InChI=1S/C12H14N4S2/c1-2-8-3-4-9(18-8)7-16-12-10(11(13)17)14-5-6-15-12/h3-6H,2,7H2,1H3,(H2,13,17)(H,15,16). The van der Waals surface area contributed by atoms with Crippen molar-refractivity contribution in [2.75, 3.05) is 5.32 Å². The number of rotatable bonds is 5. The summed E-state index contributed by atoms with van der Waals surface area (Å²) in [6.45, 7) is 2.86. The molecule has 0 radical (unpaired) electrons. The molecular weight excluding hydrogens is 264 g/mol. The van der Waals surface area contributed by atoms with E-state index in [1.165, 1.54) is 9.75 Å². The molecule has 0 atom stereocenters. The van der Waals surface area contributed by atoms with Gasteiger partial charge in [-0.2, -0.15) is 0 Å². The molecule has 2 rings (SSSR count). The van der Waals surface area contributed by atoms with E-state index in [0.29, 0.717) is 18.1 Å². The summed E-state index contributed by atoms with van der Waals surface area (Å²) in [6, 6.07) is 4.26. The summed E-state index contributed by atoms with van der Waals surface area (Å²) < 4.78 is 0. The van der Waals surface area contributed by atoms with Crippen molar-refractivity contribution in [1.29, 1.82) is 0 Å². The lowest BCUT2D eigenvalue weighted by Gasteiger charge is -2.07. The van der Waals surface area contributed by atoms with Gasteiger partial charge in [0.25, 0.3) is 0 Å². The normalized spacial score (nSPS) is 10.3. The minimum atomic E-state index is 0.256. The number of thiocarbonyl (C=S) groups is 1. The first kappa shape index (κ1) is 12.9. The third-order valence-electron chi connectivity index (χ3n) is 2.43. The van der Waals surface area contributed by atoms with Crippen molar-refractivity contribution in [3.63, 3.8) is 0 Å². The Morgan fingerprint density at radius 1 is 1.33 bits per heavy atom. The van der Waals surface area contributed by atoms with Crippen molar-refractivity contribution in [2.24, 2.45) is 5.73 Å². The molecule has 0 bridgehead atoms. The zero-order valence-corrected chi connectivity index (χ0v) is 11.6. The summed E-state index contributed by atoms with van der Waals surface area (Å²) >= 11 is 6.73. The fraction of sp³-hybridized carbons (Fsp3) is 0.250. The van der Waals surface area contributed by atoms with Crippen molar-refractivity contribution in [3.8, 4) is 0 Å². The zero-order chi connectivity index (χ0) is 13.0. The minimum absolute atomic E-state index is 0.256. The van der Waals surface area contributed by atoms with Gasteiger partial charge in [0.15, 0.2) is 5.82 Å². The van der Waals surface area contributed by atoms with E-state index in [0.717, 1.165) is 6.42 Å². The maximum atomic E-state index is 5.60. The van der Waals surface area contributed by atoms with E-state index < -0.39 is 0 Å². The molecule has 0 saturated carbocycles. The van der Waals surface area contributed by atoms with Gasteiger partial charge in [-0.15, -0.1) is 11.3 Å². The maximum absolute atomic E-state index is 5.60. The van der Waals surface area contributed by atoms with Crippen LogP contribution in [0.5, 0.6) is 0 Å². The first-order chi connectivity index (χ1) is 8.70. The van der Waals surface area contributed by atoms with Crippen LogP contribution >= 0.6 is 23.6 Å². The summed E-state index contributed by atoms with van der Waals surface area (Å²) in [7, 11) is 0. The van der Waals surface area contributed by atoms with Crippen molar-refractivity contribution in [3.05, 3.63) is 40.0 Å². The van der Waals surface area contributed by atoms with Crippen LogP contribution in [0.2, 0.25) is 0 Å². The van der Waals surface area contributed by atoms with Gasteiger partial charge in [0, 0.05) is 22.1 Å². The van der Waals surface area contributed by atoms with Gasteiger partial charge in [-0.3, -0.25) is 0 Å². The SMILES string of the molecule is CCc1ccc(CNc2nccnc2C(N)=S)s1. The number of aryl methyl sites for hydroxylation is 1. The van der Waals surface area contributed by atoms with Crippen LogP contribution in [0.15, 0.2) is 24.5 Å². The van der Waals surface area contributed by atoms with E-state index in [2.05, 4.69) is 34.3 Å². The molecule has 0 fully saturated rings. The Bertz CT molecular complexity index is 551. The summed E-state index contributed by atoms with van der Waals surface area (Å²) in [5, 5.41) is 3.22. The highest BCUT2D eigenvalue weighted by molar-refractivity contribution is 7.80. The van der Waals surface area contributed by atoms with Gasteiger partial charge in [-0.05, 0) is 18.6 Å². The van der Waals surface area contributed by atoms with E-state index in [1.54, 1.807) is 23.7 Å². The highest BCUT2D eigenvalue weighted by Crippen LogP contribution is 2.18. The highest BCUT2D eigenvalue weighted by atomic mass is 32.1. The average molecular weight is 278 g/mol. The average Bonchev–Trinajstić information content (AvgIpc) is 2.84. The third-order valence-corrected chi connectivity index (χ3v) is 3.85. The van der Waals surface area contributed by atoms with Crippen LogP contribution in [-0.4, -0.2) is 15.0 Å². The topological polar surface area (TPSA) is 63.8 Å². The molecule has 6 heteroatoms. The third kappa shape index (κ3) is 3.02. The van der Waals surface area contributed by atoms with Crippen LogP contribution in [0.25, 0.3) is 0 Å². The Hall–Kier alpha value is -1.53. The van der Waals surface area contributed by atoms with Crippen LogP contribution in [-0.2, 0) is 13.0 Å². The molecule has 0 aliphatic heterocycles. The van der Waals surface area contributed by atoms with Crippen molar-refractivity contribution in [1.82, 2.24) is 9.97 Å². The molecule has 4 nitrogen and oxygen atoms in total. The monoisotopic (exact) mass is 278 g/mol. The van der Waals surface area contributed by atoms with Crippen LogP contribution in [0.3, 0.4) is 0 Å². The Balaban J connectivity index is 2.08. The summed E-state index contributed by atoms with van der Waals surface area (Å²) in [4.78, 5) is 11.2. The largest absolute Gasteiger partial charge is 0.388 e. The van der Waals surface area contributed by atoms with Crippen LogP contribution in [0, 0.1) is 0 Å². The Morgan fingerprint density at radius 3 is 2.72 bits per heavy atom. The first-order valence-corrected chi connectivity index (χ1v) is 6.85. The molecule has 3 N–H and O–H groups in total. The second kappa shape index (κ2) is 5.88. The summed E-state index contributed by atoms with van der Waals surface area (Å²) in [6.07, 6.45) is 4.27. The molecule has 0 aliphatic rings. The van der Waals surface area contributed by atoms with E-state index >= 15 is 0 Å². The summed E-state index contributed by atoms with van der Waals surface area (Å²) in [5.74, 6) is 0.636. The molecule has 2 heterocycles. The van der Waals surface area contributed by atoms with Crippen LogP contribution in [0.4, 0.5) is 5.82 Å². The van der Waals surface area contributed by atoms with E-state index in [4.69, 9.17) is 18.0 Å². The van der Waals surface area contributed by atoms with Gasteiger partial charge < -0.3 is 11.1 Å². The molecule has 0 aromatic carbocycles. The fourth-order valence-electron chi connectivity index (χ4n) is 1.53. The molecule has 0 aliphatic carbocycles. The molecule has 2 aromatic rings. The number of anilines is 1. The number of hydrogen-bond donors (Lipinski definition) is 2. The molecule has 94 valence electrons. The van der Waals surface area contributed by atoms with Crippen LogP contribution in [0.1, 0.15) is 22.4 Å². The number of aromatic nitrogens is 2. The van der Waals surface area contributed by atoms with E-state index in [9.17, 15) is 0 Å². The molecule has 2 aromatic heterocycles. The number of thiophene rings is 1. The Morgan fingerprint density at radius 2 is 2.06 bits per heavy atom. The predicted molar refractivity (Wildman–Crippen MR) is 78.9 cm³/mol. The molecule has 18 heavy (non-hydrogen) atoms. The van der Waals surface area contributed by atoms with Gasteiger partial charge in [0.1, 0.15) is 10.7 Å². The van der Waals surface area contributed by atoms with Gasteiger partial charge >= 0.3 is 0 Å². The Kier molecular flexibility index (Phi) is 4.22. The summed E-state index contributed by atoms with van der Waals surface area (Å²) in [5.41, 5.74) is 6.14. The molecular formula is C12H14N4S2. The number of hydrogen-bond acceptors (Lipinski definition) is 5. The second-order valence-electron chi connectivity index (χ2n) is 3.69. The van der Waals surface area contributed by atoms with Gasteiger partial charge in [-0.25, -0.2) is 9.97 Å². The fourth-order valence-corrected chi connectivity index (χ4v) is 2.57. The second-order valence-corrected chi connectivity index (χ2v) is 5.39. The van der Waals surface area contributed by atoms with Crippen LogP contribution < -0.4 is 11.1 Å². The molecule has 0 spiro atoms. The molecule has 0 unspecified atom stereocenters. The van der Waals surface area contributed by atoms with Gasteiger partial charge in [-0.1, -0.05) is 19.1 Å². The lowest BCUT2D eigenvalue weighted by Crippen LogP contribution is -2.16. The van der Waals surface area contributed by atoms with Crippen molar-refractivity contribution in [2.45, 2.75) is 19.9 Å². The lowest BCUT2D eigenvalue weighted by molar-refractivity contribution is 1.10. The van der Waals surface area contributed by atoms with Gasteiger partial charge in [0.2, 0.25) is 0 Å². The smallest absolute Gasteiger partial charge is 0.155 e. The number of nitrogens with two attached hydrogens (primary N) is 1. The number of nitrogens with zero attached hydrogens (tertiary/aromatic N) is 2. The van der Waals surface area contributed by atoms with E-state index in [-0.39, 0.29) is 4.99 Å². The van der Waals surface area contributed by atoms with Gasteiger partial charge in [0.05, 0.1) is 6.54 Å².